The summed E-state index contributed by atoms with van der Waals surface area (Å²) in [5.74, 6) is 2.69. The van der Waals surface area contributed by atoms with Crippen LogP contribution in [0.3, 0.4) is 0 Å². The molecule has 4 heterocycles. The van der Waals surface area contributed by atoms with Gasteiger partial charge in [-0.1, -0.05) is 29.1 Å². The van der Waals surface area contributed by atoms with Crippen LogP contribution in [0.4, 0.5) is 0 Å². The van der Waals surface area contributed by atoms with Gasteiger partial charge in [-0.25, -0.2) is 0 Å². The summed E-state index contributed by atoms with van der Waals surface area (Å²) >= 11 is 1.76. The van der Waals surface area contributed by atoms with Gasteiger partial charge in [-0.15, -0.1) is 10.2 Å². The molecule has 5 rings (SSSR count). The Morgan fingerprint density at radius 3 is 2.67 bits per heavy atom. The maximum Gasteiger partial charge on any atom is 0.191 e. The fourth-order valence-electron chi connectivity index (χ4n) is 4.32. The molecule has 0 N–H and O–H groups in total. The number of hydrogen-bond acceptors (Lipinski definition) is 7. The molecule has 33 heavy (non-hydrogen) atoms. The maximum absolute atomic E-state index is 5.25. The third kappa shape index (κ3) is 4.72. The predicted molar refractivity (Wildman–Crippen MR) is 130 cm³/mol. The normalized spacial score (nSPS) is 14.3. The molecule has 1 aliphatic heterocycles. The molecule has 0 saturated heterocycles. The summed E-state index contributed by atoms with van der Waals surface area (Å²) in [6.45, 7) is 7.10. The second-order valence-electron chi connectivity index (χ2n) is 8.50. The van der Waals surface area contributed by atoms with Gasteiger partial charge in [-0.05, 0) is 56.0 Å². The van der Waals surface area contributed by atoms with Crippen LogP contribution < -0.4 is 0 Å². The molecule has 3 aromatic heterocycles. The third-order valence-corrected chi connectivity index (χ3v) is 7.25. The van der Waals surface area contributed by atoms with Crippen molar-refractivity contribution in [3.05, 3.63) is 65.2 Å². The number of hydrogen-bond donors (Lipinski definition) is 0. The van der Waals surface area contributed by atoms with E-state index in [2.05, 4.69) is 48.0 Å². The monoisotopic (exact) mass is 460 g/mol. The van der Waals surface area contributed by atoms with E-state index in [9.17, 15) is 0 Å². The molecule has 1 aromatic carbocycles. The lowest BCUT2D eigenvalue weighted by Crippen LogP contribution is -2.28. The second-order valence-corrected chi connectivity index (χ2v) is 9.56. The lowest BCUT2D eigenvalue weighted by Gasteiger charge is -2.19. The summed E-state index contributed by atoms with van der Waals surface area (Å²) in [5, 5.41) is 14.0. The minimum absolute atomic E-state index is 0.842. The second kappa shape index (κ2) is 9.49. The average Bonchev–Trinajstić information content (AvgIpc) is 3.35. The van der Waals surface area contributed by atoms with Crippen LogP contribution >= 0.6 is 11.8 Å². The molecule has 0 bridgehead atoms. The van der Waals surface area contributed by atoms with Crippen LogP contribution in [0.15, 0.2) is 52.3 Å². The molecule has 7 nitrogen and oxygen atoms in total. The highest BCUT2D eigenvalue weighted by Gasteiger charge is 2.17. The van der Waals surface area contributed by atoms with Crippen molar-refractivity contribution in [2.24, 2.45) is 7.05 Å². The zero-order valence-electron chi connectivity index (χ0n) is 19.3. The van der Waals surface area contributed by atoms with Gasteiger partial charge >= 0.3 is 0 Å². The SMILES string of the molecule is Cc1cc(-c2ccc3c(c2)CCN(CCSc2nnc(-c4cccnc4C)n2C)CC3)no1. The van der Waals surface area contributed by atoms with Crippen molar-refractivity contribution in [2.75, 3.05) is 25.4 Å². The first-order valence-electron chi connectivity index (χ1n) is 11.3. The van der Waals surface area contributed by atoms with Crippen molar-refractivity contribution in [3.63, 3.8) is 0 Å². The largest absolute Gasteiger partial charge is 0.361 e. The molecule has 1 aliphatic rings. The number of thioether (sulfide) groups is 1. The number of fused-ring (bicyclic) bond motifs is 1. The van der Waals surface area contributed by atoms with Crippen molar-refractivity contribution in [1.82, 2.24) is 29.8 Å². The van der Waals surface area contributed by atoms with Gasteiger partial charge < -0.3 is 14.0 Å². The summed E-state index contributed by atoms with van der Waals surface area (Å²) in [7, 11) is 2.03. The van der Waals surface area contributed by atoms with Gasteiger partial charge in [0.2, 0.25) is 0 Å². The Morgan fingerprint density at radius 2 is 1.88 bits per heavy atom. The first kappa shape index (κ1) is 21.9. The number of nitrogens with zero attached hydrogens (tertiary/aromatic N) is 6. The number of benzene rings is 1. The molecule has 0 aliphatic carbocycles. The highest BCUT2D eigenvalue weighted by Crippen LogP contribution is 2.26. The van der Waals surface area contributed by atoms with Gasteiger partial charge in [0.1, 0.15) is 11.5 Å². The van der Waals surface area contributed by atoms with Crippen LogP contribution in [0.5, 0.6) is 0 Å². The zero-order valence-corrected chi connectivity index (χ0v) is 20.1. The fourth-order valence-corrected chi connectivity index (χ4v) is 5.23. The van der Waals surface area contributed by atoms with Crippen LogP contribution in [-0.4, -0.2) is 55.2 Å². The van der Waals surface area contributed by atoms with Gasteiger partial charge in [-0.2, -0.15) is 0 Å². The quantitative estimate of drug-likeness (QED) is 0.396. The maximum atomic E-state index is 5.25. The summed E-state index contributed by atoms with van der Waals surface area (Å²) in [5.41, 5.74) is 6.92. The fraction of sp³-hybridized carbons (Fsp3) is 0.360. The zero-order chi connectivity index (χ0) is 22.8. The van der Waals surface area contributed by atoms with E-state index in [0.717, 1.165) is 77.5 Å². The molecular formula is C25H28N6OS. The molecular weight excluding hydrogens is 432 g/mol. The number of aryl methyl sites for hydroxylation is 2. The van der Waals surface area contributed by atoms with Crippen LogP contribution in [0.2, 0.25) is 0 Å². The molecule has 170 valence electrons. The Kier molecular flexibility index (Phi) is 6.28. The standard InChI is InChI=1S/C25H28N6OS/c1-17-15-23(29-32-17)21-7-6-19-8-11-31(12-9-20(19)16-21)13-14-33-25-28-27-24(30(25)3)22-5-4-10-26-18(22)2/h4-7,10,15-16H,8-9,11-14H2,1-3H3. The molecule has 0 fully saturated rings. The molecule has 8 heteroatoms. The molecule has 0 amide bonds. The van der Waals surface area contributed by atoms with E-state index in [1.165, 1.54) is 11.1 Å². The van der Waals surface area contributed by atoms with Crippen molar-refractivity contribution in [3.8, 4) is 22.6 Å². The van der Waals surface area contributed by atoms with E-state index in [4.69, 9.17) is 4.52 Å². The average molecular weight is 461 g/mol. The van der Waals surface area contributed by atoms with Gasteiger partial charge in [0.25, 0.3) is 0 Å². The number of pyridine rings is 1. The highest BCUT2D eigenvalue weighted by atomic mass is 32.2. The van der Waals surface area contributed by atoms with Gasteiger partial charge in [0, 0.05) is 61.5 Å². The van der Waals surface area contributed by atoms with Crippen LogP contribution in [-0.2, 0) is 19.9 Å². The molecule has 0 spiro atoms. The van der Waals surface area contributed by atoms with Crippen LogP contribution in [0.1, 0.15) is 22.6 Å². The molecule has 4 aromatic rings. The van der Waals surface area contributed by atoms with Crippen molar-refractivity contribution in [1.29, 1.82) is 0 Å². The first-order valence-corrected chi connectivity index (χ1v) is 12.3. The van der Waals surface area contributed by atoms with Crippen molar-refractivity contribution >= 4 is 11.8 Å². The minimum atomic E-state index is 0.842. The summed E-state index contributed by atoms with van der Waals surface area (Å²) in [6, 6.07) is 12.7. The van der Waals surface area contributed by atoms with Gasteiger partial charge in [0.15, 0.2) is 11.0 Å². The van der Waals surface area contributed by atoms with Crippen molar-refractivity contribution in [2.45, 2.75) is 31.8 Å². The molecule has 0 radical (unpaired) electrons. The topological polar surface area (TPSA) is 72.9 Å². The number of aromatic nitrogens is 5. The summed E-state index contributed by atoms with van der Waals surface area (Å²) in [6.07, 6.45) is 3.94. The summed E-state index contributed by atoms with van der Waals surface area (Å²) in [4.78, 5) is 6.93. The van der Waals surface area contributed by atoms with E-state index in [-0.39, 0.29) is 0 Å². The van der Waals surface area contributed by atoms with E-state index in [1.54, 1.807) is 18.0 Å². The Bertz CT molecular complexity index is 1260. The lowest BCUT2D eigenvalue weighted by molar-refractivity contribution is 0.306. The Hall–Kier alpha value is -2.97. The smallest absolute Gasteiger partial charge is 0.191 e. The van der Waals surface area contributed by atoms with E-state index >= 15 is 0 Å². The molecule has 0 atom stereocenters. The first-order chi connectivity index (χ1) is 16.1. The Balaban J connectivity index is 1.18. The van der Waals surface area contributed by atoms with Gasteiger partial charge in [-0.3, -0.25) is 4.98 Å². The van der Waals surface area contributed by atoms with Gasteiger partial charge in [0.05, 0.1) is 0 Å². The minimum Gasteiger partial charge on any atom is -0.361 e. The highest BCUT2D eigenvalue weighted by molar-refractivity contribution is 7.99. The van der Waals surface area contributed by atoms with Crippen LogP contribution in [0, 0.1) is 13.8 Å². The van der Waals surface area contributed by atoms with Crippen LogP contribution in [0.25, 0.3) is 22.6 Å². The van der Waals surface area contributed by atoms with Crippen molar-refractivity contribution < 1.29 is 4.52 Å². The molecule has 0 unspecified atom stereocenters. The Morgan fingerprint density at radius 1 is 1.03 bits per heavy atom. The predicted octanol–water partition coefficient (Wildman–Crippen LogP) is 4.34. The lowest BCUT2D eigenvalue weighted by atomic mass is 9.99. The Labute approximate surface area is 198 Å². The van der Waals surface area contributed by atoms with E-state index in [0.29, 0.717) is 0 Å². The van der Waals surface area contributed by atoms with E-state index < -0.39 is 0 Å². The van der Waals surface area contributed by atoms with E-state index in [1.807, 2.05) is 39.1 Å². The third-order valence-electron chi connectivity index (χ3n) is 6.25. The number of rotatable bonds is 6. The molecule has 0 saturated carbocycles. The summed E-state index contributed by atoms with van der Waals surface area (Å²) < 4.78 is 7.32.